The molecule has 0 saturated heterocycles. The molecular formula is C9H7Cl2NO3S. The molecule has 7 heteroatoms. The van der Waals surface area contributed by atoms with Crippen molar-refractivity contribution in [1.82, 2.24) is 4.98 Å². The number of halogens is 2. The number of hydrogen-bond acceptors (Lipinski definition) is 4. The number of hydrogen-bond donors (Lipinski definition) is 0. The van der Waals surface area contributed by atoms with Crippen molar-refractivity contribution >= 4 is 43.2 Å². The molecule has 0 radical (unpaired) electrons. The van der Waals surface area contributed by atoms with E-state index < -0.39 is 9.33 Å². The molecule has 4 nitrogen and oxygen atoms in total. The molecule has 0 aliphatic heterocycles. The van der Waals surface area contributed by atoms with E-state index in [2.05, 4.69) is 9.17 Å². The van der Waals surface area contributed by atoms with Crippen LogP contribution < -0.4 is 4.18 Å². The van der Waals surface area contributed by atoms with Crippen molar-refractivity contribution in [1.29, 1.82) is 0 Å². The van der Waals surface area contributed by atoms with Crippen LogP contribution in [0.3, 0.4) is 0 Å². The standard InChI is InChI=1S/C9H6ClNO3S.ClH/c10-15(12,13)14-9-3-1-2-7-6-11-5-4-8(7)9;/h1-6H;1H. The number of pyridine rings is 1. The normalized spacial score (nSPS) is 10.8. The van der Waals surface area contributed by atoms with E-state index in [1.165, 1.54) is 6.07 Å². The van der Waals surface area contributed by atoms with Crippen LogP contribution in [0.1, 0.15) is 0 Å². The molecule has 2 rings (SSSR count). The third-order valence-corrected chi connectivity index (χ3v) is 2.40. The number of benzene rings is 1. The molecule has 0 fully saturated rings. The molecular weight excluding hydrogens is 273 g/mol. The molecule has 0 amide bonds. The van der Waals surface area contributed by atoms with Gasteiger partial charge in [0.2, 0.25) is 0 Å². The third kappa shape index (κ3) is 2.98. The molecule has 86 valence electrons. The largest absolute Gasteiger partial charge is 0.401 e. The number of rotatable bonds is 2. The molecule has 0 bridgehead atoms. The molecule has 0 unspecified atom stereocenters. The first kappa shape index (κ1) is 13.0. The Balaban J connectivity index is 0.00000128. The monoisotopic (exact) mass is 279 g/mol. The lowest BCUT2D eigenvalue weighted by Gasteiger charge is -2.04. The Hall–Kier alpha value is -1.04. The molecule has 16 heavy (non-hydrogen) atoms. The van der Waals surface area contributed by atoms with E-state index in [4.69, 9.17) is 10.7 Å². The lowest BCUT2D eigenvalue weighted by atomic mass is 10.2. The van der Waals surface area contributed by atoms with Crippen LogP contribution >= 0.6 is 23.1 Å². The maximum atomic E-state index is 10.8. The van der Waals surface area contributed by atoms with Crippen LogP contribution in [0.15, 0.2) is 36.7 Å². The van der Waals surface area contributed by atoms with E-state index in [1.54, 1.807) is 30.6 Å². The quantitative estimate of drug-likeness (QED) is 0.793. The molecule has 2 aromatic rings. The van der Waals surface area contributed by atoms with Crippen LogP contribution in [-0.2, 0) is 9.33 Å². The van der Waals surface area contributed by atoms with Gasteiger partial charge >= 0.3 is 9.33 Å². The minimum Gasteiger partial charge on any atom is -0.370 e. The van der Waals surface area contributed by atoms with Gasteiger partial charge in [-0.25, -0.2) is 0 Å². The zero-order valence-corrected chi connectivity index (χ0v) is 10.2. The third-order valence-electron chi connectivity index (χ3n) is 1.83. The Morgan fingerprint density at radius 1 is 1.25 bits per heavy atom. The highest BCUT2D eigenvalue weighted by atomic mass is 35.7. The zero-order valence-electron chi connectivity index (χ0n) is 7.83. The highest BCUT2D eigenvalue weighted by Crippen LogP contribution is 2.26. The van der Waals surface area contributed by atoms with Crippen LogP contribution in [-0.4, -0.2) is 13.4 Å². The predicted molar refractivity (Wildman–Crippen MR) is 64.4 cm³/mol. The first-order valence-corrected chi connectivity index (χ1v) is 6.26. The van der Waals surface area contributed by atoms with Crippen molar-refractivity contribution in [3.63, 3.8) is 0 Å². The van der Waals surface area contributed by atoms with Gasteiger partial charge in [0.25, 0.3) is 0 Å². The van der Waals surface area contributed by atoms with Crippen molar-refractivity contribution in [3.8, 4) is 5.75 Å². The highest BCUT2D eigenvalue weighted by molar-refractivity contribution is 8.10. The fourth-order valence-corrected chi connectivity index (χ4v) is 1.84. The lowest BCUT2D eigenvalue weighted by Crippen LogP contribution is -2.00. The molecule has 0 N–H and O–H groups in total. The van der Waals surface area contributed by atoms with Gasteiger partial charge in [0.1, 0.15) is 0 Å². The average Bonchev–Trinajstić information content (AvgIpc) is 2.16. The Labute approximate surface area is 103 Å². The average molecular weight is 280 g/mol. The number of nitrogens with zero attached hydrogens (tertiary/aromatic N) is 1. The van der Waals surface area contributed by atoms with Gasteiger partial charge in [0, 0.05) is 23.2 Å². The molecule has 1 heterocycles. The van der Waals surface area contributed by atoms with E-state index in [0.717, 1.165) is 5.39 Å². The van der Waals surface area contributed by atoms with Gasteiger partial charge in [-0.2, -0.15) is 8.42 Å². The number of aromatic nitrogens is 1. The van der Waals surface area contributed by atoms with Crippen LogP contribution in [0.5, 0.6) is 5.75 Å². The number of fused-ring (bicyclic) bond motifs is 1. The summed E-state index contributed by atoms with van der Waals surface area (Å²) in [5.74, 6) is 0.199. The van der Waals surface area contributed by atoms with Crippen molar-refractivity contribution < 1.29 is 12.6 Å². The predicted octanol–water partition coefficient (Wildman–Crippen LogP) is 2.52. The summed E-state index contributed by atoms with van der Waals surface area (Å²) in [5, 5.41) is 1.44. The van der Waals surface area contributed by atoms with Crippen LogP contribution in [0.2, 0.25) is 0 Å². The van der Waals surface area contributed by atoms with Gasteiger partial charge in [0.15, 0.2) is 5.75 Å². The van der Waals surface area contributed by atoms with Gasteiger partial charge in [-0.1, -0.05) is 12.1 Å². The SMILES string of the molecule is Cl.O=S(=O)(Cl)Oc1cccc2cnccc12. The van der Waals surface area contributed by atoms with Crippen molar-refractivity contribution in [2.45, 2.75) is 0 Å². The Kier molecular flexibility index (Phi) is 3.96. The topological polar surface area (TPSA) is 56.3 Å². The second-order valence-corrected chi connectivity index (χ2v) is 4.92. The van der Waals surface area contributed by atoms with Crippen LogP contribution in [0, 0.1) is 0 Å². The Bertz CT molecular complexity index is 595. The van der Waals surface area contributed by atoms with E-state index in [9.17, 15) is 8.42 Å². The molecule has 1 aromatic carbocycles. The van der Waals surface area contributed by atoms with Gasteiger partial charge in [-0.3, -0.25) is 4.98 Å². The van der Waals surface area contributed by atoms with E-state index in [0.29, 0.717) is 5.39 Å². The summed E-state index contributed by atoms with van der Waals surface area (Å²) in [6.45, 7) is 0. The van der Waals surface area contributed by atoms with Crippen molar-refractivity contribution in [2.24, 2.45) is 0 Å². The summed E-state index contributed by atoms with van der Waals surface area (Å²) in [6.07, 6.45) is 3.17. The second kappa shape index (κ2) is 4.86. The van der Waals surface area contributed by atoms with Crippen molar-refractivity contribution in [2.75, 3.05) is 0 Å². The molecule has 1 aromatic heterocycles. The van der Waals surface area contributed by atoms with E-state index >= 15 is 0 Å². The van der Waals surface area contributed by atoms with E-state index in [-0.39, 0.29) is 18.2 Å². The van der Waals surface area contributed by atoms with Gasteiger partial charge in [0.05, 0.1) is 10.7 Å². The summed E-state index contributed by atoms with van der Waals surface area (Å²) < 4.78 is 26.2. The maximum Gasteiger partial charge on any atom is 0.401 e. The fourth-order valence-electron chi connectivity index (χ4n) is 1.27. The van der Waals surface area contributed by atoms with Crippen LogP contribution in [0.4, 0.5) is 0 Å². The Morgan fingerprint density at radius 3 is 2.69 bits per heavy atom. The fraction of sp³-hybridized carbons (Fsp3) is 0. The summed E-state index contributed by atoms with van der Waals surface area (Å²) >= 11 is 0. The molecule has 0 aliphatic carbocycles. The molecule has 0 atom stereocenters. The minimum atomic E-state index is -4.02. The summed E-state index contributed by atoms with van der Waals surface area (Å²) in [4.78, 5) is 3.91. The second-order valence-electron chi connectivity index (χ2n) is 2.83. The van der Waals surface area contributed by atoms with Gasteiger partial charge < -0.3 is 4.18 Å². The first-order chi connectivity index (χ1) is 7.06. The Morgan fingerprint density at radius 2 is 2.00 bits per heavy atom. The smallest absolute Gasteiger partial charge is 0.370 e. The molecule has 0 saturated carbocycles. The van der Waals surface area contributed by atoms with Crippen LogP contribution in [0.25, 0.3) is 10.8 Å². The maximum absolute atomic E-state index is 10.8. The summed E-state index contributed by atoms with van der Waals surface area (Å²) in [6, 6.07) is 6.66. The highest BCUT2D eigenvalue weighted by Gasteiger charge is 2.09. The lowest BCUT2D eigenvalue weighted by molar-refractivity contribution is 0.506. The van der Waals surface area contributed by atoms with E-state index in [1.807, 2.05) is 0 Å². The molecule has 0 aliphatic rings. The van der Waals surface area contributed by atoms with Gasteiger partial charge in [-0.15, -0.1) is 12.4 Å². The summed E-state index contributed by atoms with van der Waals surface area (Å²) in [5.41, 5.74) is 0. The van der Waals surface area contributed by atoms with Gasteiger partial charge in [-0.05, 0) is 12.1 Å². The minimum absolute atomic E-state index is 0. The molecule has 0 spiro atoms. The van der Waals surface area contributed by atoms with Crippen molar-refractivity contribution in [3.05, 3.63) is 36.7 Å². The first-order valence-electron chi connectivity index (χ1n) is 4.03. The summed E-state index contributed by atoms with van der Waals surface area (Å²) in [7, 11) is 0.986. The zero-order chi connectivity index (χ0) is 10.9.